The van der Waals surface area contributed by atoms with Crippen molar-refractivity contribution in [1.82, 2.24) is 0 Å². The zero-order valence-electron chi connectivity index (χ0n) is 12.6. The molecule has 6 heteroatoms. The van der Waals surface area contributed by atoms with Crippen LogP contribution in [0.1, 0.15) is 25.8 Å². The van der Waals surface area contributed by atoms with Gasteiger partial charge in [-0.05, 0) is 60.6 Å². The molecule has 0 N–H and O–H groups in total. The van der Waals surface area contributed by atoms with Gasteiger partial charge in [-0.2, -0.15) is 0 Å². The van der Waals surface area contributed by atoms with Crippen LogP contribution in [0.25, 0.3) is 11.0 Å². The molecule has 118 valence electrons. The highest BCUT2D eigenvalue weighted by molar-refractivity contribution is 14.1. The van der Waals surface area contributed by atoms with Crippen LogP contribution in [0.3, 0.4) is 0 Å². The molecule has 1 heterocycles. The SMILES string of the molecule is CCOC(=O)[C@H](CC)Oc1ccc2c(C)cc(=O)oc2c1I. The number of benzene rings is 1. The van der Waals surface area contributed by atoms with E-state index in [1.165, 1.54) is 6.07 Å². The number of halogens is 1. The molecule has 0 bridgehead atoms. The summed E-state index contributed by atoms with van der Waals surface area (Å²) in [5.74, 6) is 0.105. The number of carbonyl (C=O) groups is 1. The zero-order valence-corrected chi connectivity index (χ0v) is 14.8. The Morgan fingerprint density at radius 2 is 2.09 bits per heavy atom. The molecule has 0 aliphatic carbocycles. The van der Waals surface area contributed by atoms with Crippen LogP contribution in [0, 0.1) is 10.5 Å². The van der Waals surface area contributed by atoms with E-state index in [9.17, 15) is 9.59 Å². The number of hydrogen-bond donors (Lipinski definition) is 0. The van der Waals surface area contributed by atoms with E-state index in [4.69, 9.17) is 13.9 Å². The number of aryl methyl sites for hydroxylation is 1. The Morgan fingerprint density at radius 1 is 1.36 bits per heavy atom. The third-order valence-corrected chi connectivity index (χ3v) is 4.23. The van der Waals surface area contributed by atoms with E-state index in [2.05, 4.69) is 22.6 Å². The summed E-state index contributed by atoms with van der Waals surface area (Å²) in [7, 11) is 0. The summed E-state index contributed by atoms with van der Waals surface area (Å²) in [5.41, 5.74) is 0.910. The number of hydrogen-bond acceptors (Lipinski definition) is 5. The molecule has 0 unspecified atom stereocenters. The second kappa shape index (κ2) is 7.13. The van der Waals surface area contributed by atoms with Crippen molar-refractivity contribution < 1.29 is 18.7 Å². The first-order valence-corrected chi connectivity index (χ1v) is 8.12. The number of carbonyl (C=O) groups excluding carboxylic acids is 1. The Labute approximate surface area is 141 Å². The molecule has 0 fully saturated rings. The molecule has 22 heavy (non-hydrogen) atoms. The molecule has 2 aromatic rings. The fourth-order valence-electron chi connectivity index (χ4n) is 2.11. The molecule has 0 aliphatic heterocycles. The van der Waals surface area contributed by atoms with Gasteiger partial charge in [-0.3, -0.25) is 0 Å². The number of fused-ring (bicyclic) bond motifs is 1. The van der Waals surface area contributed by atoms with E-state index in [1.54, 1.807) is 13.0 Å². The molecular formula is C16H17IO5. The zero-order chi connectivity index (χ0) is 16.3. The Hall–Kier alpha value is -1.57. The third kappa shape index (κ3) is 3.43. The maximum atomic E-state index is 11.8. The van der Waals surface area contributed by atoms with Crippen molar-refractivity contribution in [3.05, 3.63) is 37.8 Å². The quantitative estimate of drug-likeness (QED) is 0.425. The lowest BCUT2D eigenvalue weighted by Crippen LogP contribution is -2.29. The first-order chi connectivity index (χ1) is 10.5. The molecular weight excluding hydrogens is 399 g/mol. The number of ether oxygens (including phenoxy) is 2. The minimum absolute atomic E-state index is 0.307. The van der Waals surface area contributed by atoms with Crippen LogP contribution in [0.4, 0.5) is 0 Å². The van der Waals surface area contributed by atoms with E-state index in [0.717, 1.165) is 10.9 Å². The summed E-state index contributed by atoms with van der Waals surface area (Å²) in [6, 6.07) is 5.05. The summed E-state index contributed by atoms with van der Waals surface area (Å²) >= 11 is 2.06. The average Bonchev–Trinajstić information content (AvgIpc) is 2.47. The first-order valence-electron chi connectivity index (χ1n) is 7.04. The smallest absolute Gasteiger partial charge is 0.347 e. The van der Waals surface area contributed by atoms with Crippen molar-refractivity contribution in [1.29, 1.82) is 0 Å². The predicted octanol–water partition coefficient (Wildman–Crippen LogP) is 3.43. The Bertz CT molecular complexity index is 750. The van der Waals surface area contributed by atoms with E-state index < -0.39 is 17.7 Å². The van der Waals surface area contributed by atoms with E-state index in [-0.39, 0.29) is 0 Å². The second-order valence-electron chi connectivity index (χ2n) is 4.77. The monoisotopic (exact) mass is 416 g/mol. The van der Waals surface area contributed by atoms with E-state index in [1.807, 2.05) is 19.9 Å². The van der Waals surface area contributed by atoms with Gasteiger partial charge >= 0.3 is 11.6 Å². The van der Waals surface area contributed by atoms with Crippen LogP contribution in [-0.2, 0) is 9.53 Å². The van der Waals surface area contributed by atoms with Crippen LogP contribution in [0.2, 0.25) is 0 Å². The van der Waals surface area contributed by atoms with Crippen molar-refractivity contribution in [3.63, 3.8) is 0 Å². The molecule has 5 nitrogen and oxygen atoms in total. The summed E-state index contributed by atoms with van der Waals surface area (Å²) in [6.07, 6.45) is -0.187. The van der Waals surface area contributed by atoms with Crippen molar-refractivity contribution in [3.8, 4) is 5.75 Å². The molecule has 0 saturated carbocycles. The van der Waals surface area contributed by atoms with Crippen LogP contribution < -0.4 is 10.4 Å². The fourth-order valence-corrected chi connectivity index (χ4v) is 2.82. The van der Waals surface area contributed by atoms with Crippen LogP contribution in [-0.4, -0.2) is 18.7 Å². The first kappa shape index (κ1) is 16.8. The lowest BCUT2D eigenvalue weighted by Gasteiger charge is -2.17. The Morgan fingerprint density at radius 3 is 2.73 bits per heavy atom. The van der Waals surface area contributed by atoms with Gasteiger partial charge in [0.05, 0.1) is 10.2 Å². The molecule has 1 aromatic heterocycles. The summed E-state index contributed by atoms with van der Waals surface area (Å²) < 4.78 is 16.7. The molecule has 0 amide bonds. The molecule has 0 aliphatic rings. The largest absolute Gasteiger partial charge is 0.477 e. The average molecular weight is 416 g/mol. The molecule has 1 aromatic carbocycles. The standard InChI is InChI=1S/C16H17IO5/c1-4-11(16(19)20-5-2)21-12-7-6-10-9(3)8-13(18)22-15(10)14(12)17/h6-8,11H,4-5H2,1-3H3/t11-/m0/s1. The van der Waals surface area contributed by atoms with Gasteiger partial charge in [-0.15, -0.1) is 0 Å². The number of esters is 1. The molecule has 0 spiro atoms. The maximum absolute atomic E-state index is 11.8. The van der Waals surface area contributed by atoms with Crippen LogP contribution in [0.15, 0.2) is 27.4 Å². The molecule has 2 rings (SSSR count). The van der Waals surface area contributed by atoms with Crippen molar-refractivity contribution in [2.75, 3.05) is 6.61 Å². The highest BCUT2D eigenvalue weighted by Gasteiger charge is 2.22. The lowest BCUT2D eigenvalue weighted by molar-refractivity contribution is -0.151. The van der Waals surface area contributed by atoms with Gasteiger partial charge in [-0.25, -0.2) is 9.59 Å². The molecule has 1 atom stereocenters. The number of rotatable bonds is 5. The van der Waals surface area contributed by atoms with Crippen LogP contribution >= 0.6 is 22.6 Å². The van der Waals surface area contributed by atoms with E-state index >= 15 is 0 Å². The molecule has 0 saturated heterocycles. The van der Waals surface area contributed by atoms with Gasteiger partial charge in [-0.1, -0.05) is 6.92 Å². The second-order valence-corrected chi connectivity index (χ2v) is 5.85. The minimum atomic E-state index is -0.678. The summed E-state index contributed by atoms with van der Waals surface area (Å²) in [5, 5.41) is 0.848. The van der Waals surface area contributed by atoms with Gasteiger partial charge in [0, 0.05) is 11.5 Å². The minimum Gasteiger partial charge on any atom is -0.477 e. The van der Waals surface area contributed by atoms with Gasteiger partial charge < -0.3 is 13.9 Å². The Kier molecular flexibility index (Phi) is 5.44. The van der Waals surface area contributed by atoms with Gasteiger partial charge in [0.1, 0.15) is 5.75 Å². The van der Waals surface area contributed by atoms with Gasteiger partial charge in [0.25, 0.3) is 0 Å². The highest BCUT2D eigenvalue weighted by Crippen LogP contribution is 2.31. The van der Waals surface area contributed by atoms with Crippen LogP contribution in [0.5, 0.6) is 5.75 Å². The normalized spacial score (nSPS) is 12.2. The molecule has 0 radical (unpaired) electrons. The van der Waals surface area contributed by atoms with E-state index in [0.29, 0.717) is 27.9 Å². The van der Waals surface area contributed by atoms with Gasteiger partial charge in [0.15, 0.2) is 11.7 Å². The highest BCUT2D eigenvalue weighted by atomic mass is 127. The fraction of sp³-hybridized carbons (Fsp3) is 0.375. The summed E-state index contributed by atoms with van der Waals surface area (Å²) in [4.78, 5) is 23.4. The van der Waals surface area contributed by atoms with Crippen molar-refractivity contribution in [2.24, 2.45) is 0 Å². The van der Waals surface area contributed by atoms with Crippen molar-refractivity contribution in [2.45, 2.75) is 33.3 Å². The predicted molar refractivity (Wildman–Crippen MR) is 91.3 cm³/mol. The summed E-state index contributed by atoms with van der Waals surface area (Å²) in [6.45, 7) is 5.76. The lowest BCUT2D eigenvalue weighted by atomic mass is 10.1. The third-order valence-electron chi connectivity index (χ3n) is 3.21. The van der Waals surface area contributed by atoms with Gasteiger partial charge in [0.2, 0.25) is 0 Å². The van der Waals surface area contributed by atoms with Crippen molar-refractivity contribution >= 4 is 39.5 Å². The maximum Gasteiger partial charge on any atom is 0.347 e. The Balaban J connectivity index is 2.42. The topological polar surface area (TPSA) is 65.7 Å².